The van der Waals surface area contributed by atoms with Crippen molar-refractivity contribution in [2.45, 2.75) is 19.9 Å². The molecular weight excluding hydrogens is 340 g/mol. The van der Waals surface area contributed by atoms with Crippen LogP contribution in [0.15, 0.2) is 72.8 Å². The molecule has 3 aromatic carbocycles. The number of aryl methyl sites for hydroxylation is 2. The molecule has 0 aromatic heterocycles. The molecule has 0 spiro atoms. The Kier molecular flexibility index (Phi) is 5.31. The average molecular weight is 360 g/mol. The number of rotatable bonds is 5. The predicted octanol–water partition coefficient (Wildman–Crippen LogP) is 4.73. The molecular formula is C22H20N2O3. The fourth-order valence-electron chi connectivity index (χ4n) is 3.11. The minimum atomic E-state index is -0.447. The highest BCUT2D eigenvalue weighted by atomic mass is 16.6. The highest BCUT2D eigenvalue weighted by Crippen LogP contribution is 2.26. The summed E-state index contributed by atoms with van der Waals surface area (Å²) in [6, 6.07) is 21.7. The van der Waals surface area contributed by atoms with E-state index in [9.17, 15) is 14.9 Å². The Hall–Kier alpha value is -3.47. The van der Waals surface area contributed by atoms with Gasteiger partial charge in [-0.1, -0.05) is 54.6 Å². The molecule has 3 aromatic rings. The lowest BCUT2D eigenvalue weighted by atomic mass is 9.94. The zero-order valence-electron chi connectivity index (χ0n) is 15.2. The zero-order valence-corrected chi connectivity index (χ0v) is 15.2. The highest BCUT2D eigenvalue weighted by Gasteiger charge is 2.20. The van der Waals surface area contributed by atoms with E-state index in [0.717, 1.165) is 16.7 Å². The largest absolute Gasteiger partial charge is 0.341 e. The van der Waals surface area contributed by atoms with Gasteiger partial charge in [0.1, 0.15) is 0 Å². The van der Waals surface area contributed by atoms with Gasteiger partial charge in [-0.25, -0.2) is 0 Å². The van der Waals surface area contributed by atoms with E-state index in [4.69, 9.17) is 0 Å². The van der Waals surface area contributed by atoms with Gasteiger partial charge in [0.05, 0.1) is 11.0 Å². The number of benzene rings is 3. The molecule has 5 heteroatoms. The topological polar surface area (TPSA) is 72.2 Å². The maximum atomic E-state index is 12.9. The van der Waals surface area contributed by atoms with Crippen LogP contribution in [-0.2, 0) is 0 Å². The Morgan fingerprint density at radius 2 is 1.59 bits per heavy atom. The van der Waals surface area contributed by atoms with Crippen molar-refractivity contribution < 1.29 is 9.72 Å². The van der Waals surface area contributed by atoms with Crippen LogP contribution in [0.1, 0.15) is 38.7 Å². The standard InChI is InChI=1S/C22H20N2O3/c1-15-8-6-7-11-19(15)21(17-9-4-3-5-10-17)23-22(25)18-12-13-20(24(26)27)16(2)14-18/h3-14,21H,1-2H3,(H,23,25)/t21-/m0/s1. The number of nitrogens with one attached hydrogen (secondary N) is 1. The number of carbonyl (C=O) groups excluding carboxylic acids is 1. The summed E-state index contributed by atoms with van der Waals surface area (Å²) in [4.78, 5) is 23.4. The van der Waals surface area contributed by atoms with E-state index in [1.807, 2.05) is 61.5 Å². The van der Waals surface area contributed by atoms with Crippen molar-refractivity contribution in [3.05, 3.63) is 111 Å². The van der Waals surface area contributed by atoms with E-state index in [0.29, 0.717) is 11.1 Å². The molecule has 1 N–H and O–H groups in total. The van der Waals surface area contributed by atoms with Crippen LogP contribution in [0.5, 0.6) is 0 Å². The van der Waals surface area contributed by atoms with E-state index in [1.54, 1.807) is 13.0 Å². The van der Waals surface area contributed by atoms with Gasteiger partial charge in [-0.15, -0.1) is 0 Å². The first-order valence-electron chi connectivity index (χ1n) is 8.63. The molecule has 0 radical (unpaired) electrons. The first-order valence-corrected chi connectivity index (χ1v) is 8.63. The molecule has 0 saturated heterocycles. The van der Waals surface area contributed by atoms with Crippen LogP contribution in [0.4, 0.5) is 5.69 Å². The van der Waals surface area contributed by atoms with Crippen LogP contribution in [-0.4, -0.2) is 10.8 Å². The third-order valence-electron chi connectivity index (χ3n) is 4.56. The van der Waals surface area contributed by atoms with E-state index < -0.39 is 4.92 Å². The van der Waals surface area contributed by atoms with Gasteiger partial charge >= 0.3 is 0 Å². The van der Waals surface area contributed by atoms with Crippen LogP contribution >= 0.6 is 0 Å². The summed E-state index contributed by atoms with van der Waals surface area (Å²) in [6.45, 7) is 3.64. The molecule has 1 amide bonds. The van der Waals surface area contributed by atoms with Crippen molar-refractivity contribution in [1.29, 1.82) is 0 Å². The lowest BCUT2D eigenvalue weighted by Crippen LogP contribution is -2.29. The van der Waals surface area contributed by atoms with Gasteiger partial charge in [0.15, 0.2) is 0 Å². The molecule has 27 heavy (non-hydrogen) atoms. The number of hydrogen-bond acceptors (Lipinski definition) is 3. The summed E-state index contributed by atoms with van der Waals surface area (Å²) in [7, 11) is 0. The summed E-state index contributed by atoms with van der Waals surface area (Å²) in [5, 5.41) is 14.1. The van der Waals surface area contributed by atoms with Crippen molar-refractivity contribution in [2.75, 3.05) is 0 Å². The van der Waals surface area contributed by atoms with Crippen LogP contribution in [0.25, 0.3) is 0 Å². The Morgan fingerprint density at radius 3 is 2.22 bits per heavy atom. The van der Waals surface area contributed by atoms with Gasteiger partial charge in [0, 0.05) is 17.2 Å². The fourth-order valence-corrected chi connectivity index (χ4v) is 3.11. The average Bonchev–Trinajstić information content (AvgIpc) is 2.67. The second kappa shape index (κ2) is 7.83. The first-order chi connectivity index (χ1) is 13.0. The fraction of sp³-hybridized carbons (Fsp3) is 0.136. The van der Waals surface area contributed by atoms with Gasteiger partial charge in [-0.3, -0.25) is 14.9 Å². The molecule has 1 atom stereocenters. The van der Waals surface area contributed by atoms with Crippen molar-refractivity contribution in [3.8, 4) is 0 Å². The molecule has 0 saturated carbocycles. The van der Waals surface area contributed by atoms with Gasteiger partial charge in [-0.2, -0.15) is 0 Å². The zero-order chi connectivity index (χ0) is 19.4. The van der Waals surface area contributed by atoms with E-state index in [-0.39, 0.29) is 17.6 Å². The van der Waals surface area contributed by atoms with Crippen LogP contribution in [0, 0.1) is 24.0 Å². The number of carbonyl (C=O) groups is 1. The molecule has 3 rings (SSSR count). The maximum Gasteiger partial charge on any atom is 0.272 e. The number of amides is 1. The minimum Gasteiger partial charge on any atom is -0.341 e. The third-order valence-corrected chi connectivity index (χ3v) is 4.56. The SMILES string of the molecule is Cc1ccccc1[C@@H](NC(=O)c1ccc([N+](=O)[O-])c(C)c1)c1ccccc1. The molecule has 5 nitrogen and oxygen atoms in total. The first kappa shape index (κ1) is 18.3. The number of hydrogen-bond donors (Lipinski definition) is 1. The van der Waals surface area contributed by atoms with E-state index in [1.165, 1.54) is 12.1 Å². The second-order valence-electron chi connectivity index (χ2n) is 6.43. The molecule has 0 aliphatic heterocycles. The molecule has 0 aliphatic rings. The smallest absolute Gasteiger partial charge is 0.272 e. The van der Waals surface area contributed by atoms with Crippen molar-refractivity contribution in [2.24, 2.45) is 0 Å². The lowest BCUT2D eigenvalue weighted by molar-refractivity contribution is -0.385. The summed E-state index contributed by atoms with van der Waals surface area (Å²) >= 11 is 0. The maximum absolute atomic E-state index is 12.9. The lowest BCUT2D eigenvalue weighted by Gasteiger charge is -2.22. The van der Waals surface area contributed by atoms with Crippen LogP contribution in [0.3, 0.4) is 0 Å². The van der Waals surface area contributed by atoms with Crippen LogP contribution in [0.2, 0.25) is 0 Å². The number of nitrogens with zero attached hydrogens (tertiary/aromatic N) is 1. The molecule has 0 heterocycles. The normalized spacial score (nSPS) is 11.6. The van der Waals surface area contributed by atoms with Crippen molar-refractivity contribution >= 4 is 11.6 Å². The van der Waals surface area contributed by atoms with E-state index >= 15 is 0 Å². The van der Waals surface area contributed by atoms with Gasteiger partial charge in [0.25, 0.3) is 11.6 Å². The van der Waals surface area contributed by atoms with E-state index in [2.05, 4.69) is 5.32 Å². The number of nitro benzene ring substituents is 1. The molecule has 0 unspecified atom stereocenters. The Balaban J connectivity index is 1.95. The Morgan fingerprint density at radius 1 is 0.926 bits per heavy atom. The predicted molar refractivity (Wildman–Crippen MR) is 105 cm³/mol. The summed E-state index contributed by atoms with van der Waals surface area (Å²) in [6.07, 6.45) is 0. The molecule has 0 aliphatic carbocycles. The summed E-state index contributed by atoms with van der Waals surface area (Å²) in [5.41, 5.74) is 3.92. The number of nitro groups is 1. The van der Waals surface area contributed by atoms with Gasteiger partial charge in [0.2, 0.25) is 0 Å². The van der Waals surface area contributed by atoms with Gasteiger partial charge in [-0.05, 0) is 42.7 Å². The highest BCUT2D eigenvalue weighted by molar-refractivity contribution is 5.95. The summed E-state index contributed by atoms with van der Waals surface area (Å²) < 4.78 is 0. The molecule has 136 valence electrons. The van der Waals surface area contributed by atoms with Gasteiger partial charge < -0.3 is 5.32 Å². The minimum absolute atomic E-state index is 0.00469. The Labute approximate surface area is 157 Å². The van der Waals surface area contributed by atoms with Crippen LogP contribution < -0.4 is 5.32 Å². The Bertz CT molecular complexity index is 984. The van der Waals surface area contributed by atoms with Crippen molar-refractivity contribution in [1.82, 2.24) is 5.32 Å². The quantitative estimate of drug-likeness (QED) is 0.528. The monoisotopic (exact) mass is 360 g/mol. The third kappa shape index (κ3) is 4.03. The molecule has 0 fully saturated rings. The van der Waals surface area contributed by atoms with Crippen molar-refractivity contribution in [3.63, 3.8) is 0 Å². The summed E-state index contributed by atoms with van der Waals surface area (Å²) in [5.74, 6) is -0.273. The molecule has 0 bridgehead atoms. The second-order valence-corrected chi connectivity index (χ2v) is 6.43.